The van der Waals surface area contributed by atoms with Crippen LogP contribution in [-0.4, -0.2) is 55.5 Å². The van der Waals surface area contributed by atoms with Gasteiger partial charge in [-0.2, -0.15) is 25.3 Å². The summed E-state index contributed by atoms with van der Waals surface area (Å²) in [6, 6.07) is 30.2. The Kier molecular flexibility index (Phi) is 14.3. The first kappa shape index (κ1) is 35.5. The van der Waals surface area contributed by atoms with E-state index in [4.69, 9.17) is 11.5 Å². The lowest BCUT2D eigenvalue weighted by molar-refractivity contribution is 0.0991. The summed E-state index contributed by atoms with van der Waals surface area (Å²) in [4.78, 5) is 26.6. The van der Waals surface area contributed by atoms with Gasteiger partial charge in [0.25, 0.3) is 11.8 Å². The molecule has 0 radical (unpaired) electrons. The zero-order chi connectivity index (χ0) is 32.8. The molecule has 0 saturated heterocycles. The van der Waals surface area contributed by atoms with Crippen molar-refractivity contribution in [3.63, 3.8) is 0 Å². The Balaban J connectivity index is 0.000000246. The average Bonchev–Trinajstić information content (AvgIpc) is 3.08. The summed E-state index contributed by atoms with van der Waals surface area (Å²) in [6.45, 7) is 5.27. The molecule has 0 unspecified atom stereocenters. The number of hydrogen-bond acceptors (Lipinski definition) is 8. The van der Waals surface area contributed by atoms with Gasteiger partial charge in [0.1, 0.15) is 0 Å². The molecule has 4 rings (SSSR count). The molecule has 0 saturated carbocycles. The quantitative estimate of drug-likeness (QED) is 0.0970. The van der Waals surface area contributed by atoms with Crippen molar-refractivity contribution in [1.82, 2.24) is 0 Å². The van der Waals surface area contributed by atoms with E-state index in [1.54, 1.807) is 18.0 Å². The lowest BCUT2D eigenvalue weighted by atomic mass is 10.1. The van der Waals surface area contributed by atoms with Crippen LogP contribution in [0.2, 0.25) is 0 Å². The average molecular weight is 645 g/mol. The maximum atomic E-state index is 12.6. The van der Waals surface area contributed by atoms with Crippen molar-refractivity contribution < 1.29 is 9.59 Å². The number of anilines is 4. The number of hydrogen-bond donors (Lipinski definition) is 7. The van der Waals surface area contributed by atoms with Gasteiger partial charge in [-0.05, 0) is 79.6 Å². The van der Waals surface area contributed by atoms with E-state index in [9.17, 15) is 9.59 Å². The summed E-state index contributed by atoms with van der Waals surface area (Å²) in [5, 5.41) is 9.41. The molecule has 2 amide bonds. The second kappa shape index (κ2) is 18.1. The van der Waals surface area contributed by atoms with Crippen LogP contribution in [0.25, 0.3) is 0 Å². The molecule has 0 fully saturated rings. The lowest BCUT2D eigenvalue weighted by Crippen LogP contribution is -2.30. The van der Waals surface area contributed by atoms with Crippen LogP contribution in [-0.2, 0) is 0 Å². The molecule has 45 heavy (non-hydrogen) atoms. The molecule has 0 spiro atoms. The third kappa shape index (κ3) is 11.2. The fourth-order valence-electron chi connectivity index (χ4n) is 4.20. The van der Waals surface area contributed by atoms with Crippen LogP contribution in [0.3, 0.4) is 0 Å². The highest BCUT2D eigenvalue weighted by atomic mass is 32.1. The fraction of sp³-hybridized carbons (Fsp3) is 0.257. The number of nitrogens with one attached hydrogen (secondary N) is 3. The first-order valence-electron chi connectivity index (χ1n) is 14.7. The molecule has 8 nitrogen and oxygen atoms in total. The highest BCUT2D eigenvalue weighted by molar-refractivity contribution is 7.80. The Morgan fingerprint density at radius 3 is 1.84 bits per heavy atom. The van der Waals surface area contributed by atoms with Crippen LogP contribution in [0.4, 0.5) is 22.7 Å². The molecule has 4 aromatic rings. The van der Waals surface area contributed by atoms with Gasteiger partial charge in [-0.3, -0.25) is 9.59 Å². The van der Waals surface area contributed by atoms with Gasteiger partial charge in [-0.1, -0.05) is 42.5 Å². The van der Waals surface area contributed by atoms with Crippen molar-refractivity contribution in [3.8, 4) is 0 Å². The third-order valence-electron chi connectivity index (χ3n) is 7.14. The molecule has 0 aromatic heterocycles. The van der Waals surface area contributed by atoms with Crippen LogP contribution in [0.5, 0.6) is 0 Å². The number of aryl methyl sites for hydroxylation is 1. The molecular weight excluding hydrogens is 601 g/mol. The van der Waals surface area contributed by atoms with Crippen molar-refractivity contribution >= 4 is 59.8 Å². The second-order valence-electron chi connectivity index (χ2n) is 10.7. The van der Waals surface area contributed by atoms with Crippen LogP contribution in [0.15, 0.2) is 97.1 Å². The summed E-state index contributed by atoms with van der Waals surface area (Å²) in [7, 11) is 1.77. The van der Waals surface area contributed by atoms with Gasteiger partial charge < -0.3 is 32.3 Å². The van der Waals surface area contributed by atoms with E-state index in [1.807, 2.05) is 105 Å². The standard InChI is InChI=1S/C18H23N3OS.C17H21N3OS/c1-12-5-3-8-17(13(12)2)21-18(22)14-6-4-7-16(9-14)20-10-15(19)11-23;1-20(16-8-3-2-4-9-16)17(21)13-6-5-7-15(10-13)19-11-14(18)12-22/h3-9,15,20,23H,10-11,19H2,1-2H3,(H,21,22);2-10,14,19,22H,11-12,18H2,1H3/t15-;14-/m11/s1. The zero-order valence-corrected chi connectivity index (χ0v) is 27.8. The largest absolute Gasteiger partial charge is 0.383 e. The van der Waals surface area contributed by atoms with Crippen molar-refractivity contribution in [3.05, 3.63) is 119 Å². The second-order valence-corrected chi connectivity index (χ2v) is 11.4. The van der Waals surface area contributed by atoms with Gasteiger partial charge in [0.15, 0.2) is 0 Å². The monoisotopic (exact) mass is 644 g/mol. The number of rotatable bonds is 12. The number of para-hydroxylation sites is 1. The molecular formula is C35H44N6O2S2. The van der Waals surface area contributed by atoms with E-state index in [0.717, 1.165) is 33.9 Å². The smallest absolute Gasteiger partial charge is 0.258 e. The van der Waals surface area contributed by atoms with Crippen molar-refractivity contribution in [2.45, 2.75) is 25.9 Å². The number of benzene rings is 4. The molecule has 0 aliphatic heterocycles. The van der Waals surface area contributed by atoms with Crippen LogP contribution in [0, 0.1) is 13.8 Å². The van der Waals surface area contributed by atoms with Gasteiger partial charge >= 0.3 is 0 Å². The molecule has 0 aliphatic carbocycles. The van der Waals surface area contributed by atoms with E-state index in [-0.39, 0.29) is 23.9 Å². The van der Waals surface area contributed by atoms with Crippen molar-refractivity contribution in [2.24, 2.45) is 11.5 Å². The van der Waals surface area contributed by atoms with Gasteiger partial charge in [-0.25, -0.2) is 0 Å². The molecule has 238 valence electrons. The SMILES string of the molecule is CN(C(=O)c1cccc(NC[C@@H](N)CS)c1)c1ccccc1.Cc1cccc(NC(=O)c2cccc(NC[C@@H](N)CS)c2)c1C. The van der Waals surface area contributed by atoms with Crippen LogP contribution >= 0.6 is 25.3 Å². The van der Waals surface area contributed by atoms with E-state index in [1.165, 1.54) is 0 Å². The van der Waals surface area contributed by atoms with Gasteiger partial charge in [-0.15, -0.1) is 0 Å². The third-order valence-corrected chi connectivity index (χ3v) is 8.08. The number of amides is 2. The Morgan fingerprint density at radius 1 is 0.733 bits per heavy atom. The highest BCUT2D eigenvalue weighted by Crippen LogP contribution is 2.20. The Bertz CT molecular complexity index is 1540. The summed E-state index contributed by atoms with van der Waals surface area (Å²) < 4.78 is 0. The van der Waals surface area contributed by atoms with Crippen LogP contribution < -0.4 is 32.3 Å². The summed E-state index contributed by atoms with van der Waals surface area (Å²) in [5.41, 5.74) is 18.6. The minimum absolute atomic E-state index is 0.0188. The maximum absolute atomic E-state index is 12.6. The van der Waals surface area contributed by atoms with Gasteiger partial charge in [0.2, 0.25) is 0 Å². The summed E-state index contributed by atoms with van der Waals surface area (Å²) in [5.74, 6) is 1.05. The minimum atomic E-state index is -0.124. The Hall–Kier alpha value is -3.96. The topological polar surface area (TPSA) is 126 Å². The number of nitrogens with zero attached hydrogens (tertiary/aromatic N) is 1. The molecule has 7 N–H and O–H groups in total. The molecule has 0 bridgehead atoms. The normalized spacial score (nSPS) is 11.8. The van der Waals surface area contributed by atoms with Gasteiger partial charge in [0.05, 0.1) is 0 Å². The molecule has 10 heteroatoms. The summed E-state index contributed by atoms with van der Waals surface area (Å²) >= 11 is 8.32. The van der Waals surface area contributed by atoms with E-state index >= 15 is 0 Å². The van der Waals surface area contributed by atoms with Gasteiger partial charge in [0, 0.05) is 77.6 Å². The van der Waals surface area contributed by atoms with Crippen molar-refractivity contribution in [1.29, 1.82) is 0 Å². The molecule has 4 aromatic carbocycles. The molecule has 0 aliphatic rings. The maximum Gasteiger partial charge on any atom is 0.258 e. The van der Waals surface area contributed by atoms with E-state index < -0.39 is 0 Å². The highest BCUT2D eigenvalue weighted by Gasteiger charge is 2.14. The predicted octanol–water partition coefficient (Wildman–Crippen LogP) is 5.86. The number of carbonyl (C=O) groups is 2. The van der Waals surface area contributed by atoms with E-state index in [2.05, 4.69) is 41.2 Å². The number of nitrogens with two attached hydrogens (primary N) is 2. The zero-order valence-electron chi connectivity index (χ0n) is 26.0. The Morgan fingerprint density at radius 2 is 1.27 bits per heavy atom. The lowest BCUT2D eigenvalue weighted by Gasteiger charge is -2.18. The molecule has 2 atom stereocenters. The first-order valence-corrected chi connectivity index (χ1v) is 16.0. The molecule has 0 heterocycles. The summed E-state index contributed by atoms with van der Waals surface area (Å²) in [6.07, 6.45) is 0. The van der Waals surface area contributed by atoms with Crippen molar-refractivity contribution in [2.75, 3.05) is 52.5 Å². The number of thiol groups is 2. The first-order chi connectivity index (χ1) is 21.6. The van der Waals surface area contributed by atoms with Crippen LogP contribution in [0.1, 0.15) is 31.8 Å². The minimum Gasteiger partial charge on any atom is -0.383 e. The predicted molar refractivity (Wildman–Crippen MR) is 197 cm³/mol. The number of carbonyl (C=O) groups excluding carboxylic acids is 2. The van der Waals surface area contributed by atoms with E-state index in [0.29, 0.717) is 35.7 Å². The fourth-order valence-corrected chi connectivity index (χ4v) is 4.46. The Labute approximate surface area is 277 Å².